The Kier molecular flexibility index (Phi) is 5.17. The van der Waals surface area contributed by atoms with Crippen molar-refractivity contribution < 1.29 is 4.79 Å². The van der Waals surface area contributed by atoms with Crippen LogP contribution in [0.5, 0.6) is 0 Å². The van der Waals surface area contributed by atoms with E-state index in [1.54, 1.807) is 0 Å². The summed E-state index contributed by atoms with van der Waals surface area (Å²) in [4.78, 5) is 11.9. The second-order valence-corrected chi connectivity index (χ2v) is 5.73. The lowest BCUT2D eigenvalue weighted by Crippen LogP contribution is -2.45. The van der Waals surface area contributed by atoms with Crippen LogP contribution in [-0.4, -0.2) is 18.5 Å². The van der Waals surface area contributed by atoms with Crippen LogP contribution in [0.25, 0.3) is 0 Å². The van der Waals surface area contributed by atoms with Gasteiger partial charge < -0.3 is 11.1 Å². The van der Waals surface area contributed by atoms with E-state index in [9.17, 15) is 4.79 Å². The number of carbonyl (C=O) groups is 1. The Labute approximate surface area is 114 Å². The van der Waals surface area contributed by atoms with Crippen molar-refractivity contribution >= 4 is 17.5 Å². The Morgan fingerprint density at radius 2 is 2.17 bits per heavy atom. The van der Waals surface area contributed by atoms with Gasteiger partial charge in [-0.25, -0.2) is 0 Å². The number of nitrogens with one attached hydrogen (secondary N) is 1. The Balaban J connectivity index is 2.57. The predicted octanol–water partition coefficient (Wildman–Crippen LogP) is 2.37. The Morgan fingerprint density at radius 3 is 2.72 bits per heavy atom. The van der Waals surface area contributed by atoms with Crippen molar-refractivity contribution in [1.82, 2.24) is 5.32 Å². The molecule has 0 spiro atoms. The number of hydrogen-bond acceptors (Lipinski definition) is 2. The third-order valence-electron chi connectivity index (χ3n) is 2.93. The first-order valence-electron chi connectivity index (χ1n) is 6.10. The van der Waals surface area contributed by atoms with Gasteiger partial charge in [-0.05, 0) is 44.9 Å². The second-order valence-electron chi connectivity index (χ2n) is 5.30. The lowest BCUT2D eigenvalue weighted by molar-refractivity contribution is -0.129. The number of nitrogens with two attached hydrogens (primary N) is 1. The summed E-state index contributed by atoms with van der Waals surface area (Å²) in [6.07, 6.45) is 0.757. The van der Waals surface area contributed by atoms with E-state index in [4.69, 9.17) is 17.3 Å². The fourth-order valence-corrected chi connectivity index (χ4v) is 1.79. The van der Waals surface area contributed by atoms with Crippen molar-refractivity contribution in [2.45, 2.75) is 33.2 Å². The van der Waals surface area contributed by atoms with Gasteiger partial charge in [0.15, 0.2) is 0 Å². The fraction of sp³-hybridized carbons (Fsp3) is 0.500. The zero-order valence-corrected chi connectivity index (χ0v) is 11.9. The number of amides is 1. The first-order chi connectivity index (χ1) is 8.35. The predicted molar refractivity (Wildman–Crippen MR) is 75.6 cm³/mol. The molecule has 4 heteroatoms. The highest BCUT2D eigenvalue weighted by molar-refractivity contribution is 6.30. The standard InChI is InChI=1S/C14H21ClN2O/c1-10(17-13(18)14(2,3)9-16)7-11-5-4-6-12(15)8-11/h4-6,8,10H,7,9,16H2,1-3H3,(H,17,18). The molecule has 3 nitrogen and oxygen atoms in total. The molecule has 0 aromatic heterocycles. The SMILES string of the molecule is CC(Cc1cccc(Cl)c1)NC(=O)C(C)(C)CN. The van der Waals surface area contributed by atoms with Crippen LogP contribution in [0.3, 0.4) is 0 Å². The van der Waals surface area contributed by atoms with Crippen molar-refractivity contribution in [3.05, 3.63) is 34.9 Å². The van der Waals surface area contributed by atoms with Crippen LogP contribution in [0, 0.1) is 5.41 Å². The summed E-state index contributed by atoms with van der Waals surface area (Å²) in [6.45, 7) is 6.00. The highest BCUT2D eigenvalue weighted by Gasteiger charge is 2.26. The third-order valence-corrected chi connectivity index (χ3v) is 3.17. The summed E-state index contributed by atoms with van der Waals surface area (Å²) in [5, 5.41) is 3.69. The van der Waals surface area contributed by atoms with E-state index in [1.807, 2.05) is 45.0 Å². The molecular formula is C14H21ClN2O. The van der Waals surface area contributed by atoms with Crippen LogP contribution >= 0.6 is 11.6 Å². The minimum atomic E-state index is -0.525. The second kappa shape index (κ2) is 6.21. The Bertz CT molecular complexity index is 418. The van der Waals surface area contributed by atoms with Gasteiger partial charge in [0.2, 0.25) is 5.91 Å². The van der Waals surface area contributed by atoms with Crippen LogP contribution in [-0.2, 0) is 11.2 Å². The molecule has 0 heterocycles. The van der Waals surface area contributed by atoms with E-state index >= 15 is 0 Å². The summed E-state index contributed by atoms with van der Waals surface area (Å²) in [5.41, 5.74) is 6.16. The monoisotopic (exact) mass is 268 g/mol. The van der Waals surface area contributed by atoms with Crippen LogP contribution in [0.2, 0.25) is 5.02 Å². The zero-order valence-electron chi connectivity index (χ0n) is 11.2. The van der Waals surface area contributed by atoms with Crippen LogP contribution in [0.1, 0.15) is 26.3 Å². The fourth-order valence-electron chi connectivity index (χ4n) is 1.58. The first-order valence-corrected chi connectivity index (χ1v) is 6.48. The normalized spacial score (nSPS) is 13.2. The van der Waals surface area contributed by atoms with Gasteiger partial charge in [-0.15, -0.1) is 0 Å². The van der Waals surface area contributed by atoms with E-state index in [1.165, 1.54) is 0 Å². The smallest absolute Gasteiger partial charge is 0.227 e. The number of rotatable bonds is 5. The molecule has 1 amide bonds. The van der Waals surface area contributed by atoms with Gasteiger partial charge in [0.05, 0.1) is 5.41 Å². The van der Waals surface area contributed by atoms with Crippen LogP contribution in [0.15, 0.2) is 24.3 Å². The molecule has 1 atom stereocenters. The summed E-state index contributed by atoms with van der Waals surface area (Å²) < 4.78 is 0. The molecule has 1 aromatic rings. The molecule has 1 unspecified atom stereocenters. The number of carbonyl (C=O) groups excluding carboxylic acids is 1. The molecule has 0 saturated carbocycles. The van der Waals surface area contributed by atoms with E-state index in [0.717, 1.165) is 12.0 Å². The molecule has 18 heavy (non-hydrogen) atoms. The molecule has 0 aliphatic carbocycles. The number of benzene rings is 1. The molecule has 1 aromatic carbocycles. The minimum absolute atomic E-state index is 0.0143. The quantitative estimate of drug-likeness (QED) is 0.861. The summed E-state index contributed by atoms with van der Waals surface area (Å²) in [7, 11) is 0. The molecule has 0 saturated heterocycles. The summed E-state index contributed by atoms with van der Waals surface area (Å²) >= 11 is 5.93. The van der Waals surface area contributed by atoms with Gasteiger partial charge in [0.1, 0.15) is 0 Å². The van der Waals surface area contributed by atoms with E-state index in [2.05, 4.69) is 5.32 Å². The first kappa shape index (κ1) is 15.0. The van der Waals surface area contributed by atoms with Gasteiger partial charge >= 0.3 is 0 Å². The maximum absolute atomic E-state index is 11.9. The van der Waals surface area contributed by atoms with Gasteiger partial charge in [-0.2, -0.15) is 0 Å². The highest BCUT2D eigenvalue weighted by atomic mass is 35.5. The van der Waals surface area contributed by atoms with Crippen LogP contribution in [0.4, 0.5) is 0 Å². The van der Waals surface area contributed by atoms with Crippen molar-refractivity contribution in [3.8, 4) is 0 Å². The lowest BCUT2D eigenvalue weighted by atomic mass is 9.92. The van der Waals surface area contributed by atoms with E-state index in [-0.39, 0.29) is 11.9 Å². The highest BCUT2D eigenvalue weighted by Crippen LogP contribution is 2.15. The number of hydrogen-bond donors (Lipinski definition) is 2. The molecule has 100 valence electrons. The Hall–Kier alpha value is -1.06. The molecule has 1 rings (SSSR count). The van der Waals surface area contributed by atoms with Crippen molar-refractivity contribution in [2.24, 2.45) is 11.1 Å². The largest absolute Gasteiger partial charge is 0.353 e. The van der Waals surface area contributed by atoms with Crippen molar-refractivity contribution in [1.29, 1.82) is 0 Å². The van der Waals surface area contributed by atoms with Gasteiger partial charge in [0.25, 0.3) is 0 Å². The average molecular weight is 269 g/mol. The van der Waals surface area contributed by atoms with Gasteiger partial charge in [-0.3, -0.25) is 4.79 Å². The topological polar surface area (TPSA) is 55.1 Å². The number of halogens is 1. The minimum Gasteiger partial charge on any atom is -0.353 e. The van der Waals surface area contributed by atoms with E-state index < -0.39 is 5.41 Å². The molecule has 0 aliphatic rings. The maximum atomic E-state index is 11.9. The van der Waals surface area contributed by atoms with Crippen LogP contribution < -0.4 is 11.1 Å². The van der Waals surface area contributed by atoms with Gasteiger partial charge in [0, 0.05) is 17.6 Å². The Morgan fingerprint density at radius 1 is 1.50 bits per heavy atom. The van der Waals surface area contributed by atoms with Gasteiger partial charge in [-0.1, -0.05) is 23.7 Å². The molecule has 0 aliphatic heterocycles. The summed E-state index contributed by atoms with van der Waals surface area (Å²) in [6, 6.07) is 7.73. The average Bonchev–Trinajstić information content (AvgIpc) is 2.28. The van der Waals surface area contributed by atoms with Crippen molar-refractivity contribution in [2.75, 3.05) is 6.54 Å². The zero-order chi connectivity index (χ0) is 13.8. The maximum Gasteiger partial charge on any atom is 0.227 e. The molecule has 0 radical (unpaired) electrons. The van der Waals surface area contributed by atoms with Crippen molar-refractivity contribution in [3.63, 3.8) is 0 Å². The molecule has 3 N–H and O–H groups in total. The third kappa shape index (κ3) is 4.31. The lowest BCUT2D eigenvalue weighted by Gasteiger charge is -2.24. The molecule has 0 bridgehead atoms. The summed E-state index contributed by atoms with van der Waals surface area (Å²) in [5.74, 6) is -0.0143. The van der Waals surface area contributed by atoms with E-state index in [0.29, 0.717) is 11.6 Å². The molecular weight excluding hydrogens is 248 g/mol. The molecule has 0 fully saturated rings.